The highest BCUT2D eigenvalue weighted by Gasteiger charge is 2.25. The highest BCUT2D eigenvalue weighted by molar-refractivity contribution is 5.90. The van der Waals surface area contributed by atoms with Crippen LogP contribution >= 0.6 is 0 Å². The lowest BCUT2D eigenvalue weighted by Gasteiger charge is -2.31. The zero-order valence-electron chi connectivity index (χ0n) is 17.0. The molecule has 2 aliphatic heterocycles. The molecule has 158 valence electrons. The number of primary amides is 1. The van der Waals surface area contributed by atoms with Crippen molar-refractivity contribution in [1.82, 2.24) is 10.2 Å². The van der Waals surface area contributed by atoms with Crippen LogP contribution in [0, 0.1) is 5.92 Å². The Morgan fingerprint density at radius 3 is 2.77 bits per heavy atom. The van der Waals surface area contributed by atoms with Gasteiger partial charge in [0.25, 0.3) is 0 Å². The van der Waals surface area contributed by atoms with Gasteiger partial charge in [0.15, 0.2) is 0 Å². The first-order valence-corrected chi connectivity index (χ1v) is 10.5. The van der Waals surface area contributed by atoms with Crippen LogP contribution in [0.15, 0.2) is 48.5 Å². The largest absolute Gasteiger partial charge is 0.488 e. The van der Waals surface area contributed by atoms with Gasteiger partial charge in [-0.15, -0.1) is 0 Å². The van der Waals surface area contributed by atoms with Crippen LogP contribution in [0.25, 0.3) is 0 Å². The summed E-state index contributed by atoms with van der Waals surface area (Å²) in [4.78, 5) is 26.2. The Kier molecular flexibility index (Phi) is 6.18. The fraction of sp³-hybridized carbons (Fsp3) is 0.391. The molecule has 7 heteroatoms. The molecule has 4 N–H and O–H groups in total. The summed E-state index contributed by atoms with van der Waals surface area (Å²) in [5.41, 5.74) is 8.45. The number of anilines is 1. The van der Waals surface area contributed by atoms with Gasteiger partial charge >= 0.3 is 6.03 Å². The fourth-order valence-corrected chi connectivity index (χ4v) is 4.19. The Balaban J connectivity index is 1.30. The molecule has 7 nitrogen and oxygen atoms in total. The molecule has 0 radical (unpaired) electrons. The summed E-state index contributed by atoms with van der Waals surface area (Å²) in [5, 5.41) is 5.87. The smallest absolute Gasteiger partial charge is 0.319 e. The average Bonchev–Trinajstić information content (AvgIpc) is 3.17. The minimum atomic E-state index is -0.254. The number of nitrogens with zero attached hydrogens (tertiary/aromatic N) is 1. The second-order valence-corrected chi connectivity index (χ2v) is 8.02. The molecular weight excluding hydrogens is 380 g/mol. The summed E-state index contributed by atoms with van der Waals surface area (Å²) in [7, 11) is 0. The van der Waals surface area contributed by atoms with Crippen LogP contribution < -0.4 is 21.1 Å². The molecule has 0 spiro atoms. The van der Waals surface area contributed by atoms with Gasteiger partial charge in [-0.1, -0.05) is 36.4 Å². The number of para-hydroxylation sites is 2. The normalized spacial score (nSPS) is 20.8. The molecule has 3 amide bonds. The van der Waals surface area contributed by atoms with E-state index in [9.17, 15) is 9.59 Å². The summed E-state index contributed by atoms with van der Waals surface area (Å²) in [6.07, 6.45) is 2.54. The van der Waals surface area contributed by atoms with Crippen LogP contribution in [-0.4, -0.2) is 42.6 Å². The third-order valence-electron chi connectivity index (χ3n) is 5.77. The van der Waals surface area contributed by atoms with Crippen LogP contribution in [0.3, 0.4) is 0 Å². The van der Waals surface area contributed by atoms with Crippen LogP contribution in [0.1, 0.15) is 24.0 Å². The highest BCUT2D eigenvalue weighted by Crippen LogP contribution is 2.28. The molecule has 2 aromatic carbocycles. The number of amides is 3. The maximum absolute atomic E-state index is 12.5. The van der Waals surface area contributed by atoms with Crippen molar-refractivity contribution < 1.29 is 14.3 Å². The number of piperidine rings is 1. The third kappa shape index (κ3) is 4.91. The van der Waals surface area contributed by atoms with Gasteiger partial charge in [0.05, 0.1) is 12.5 Å². The highest BCUT2D eigenvalue weighted by atomic mass is 16.5. The second-order valence-electron chi connectivity index (χ2n) is 8.02. The molecule has 0 bridgehead atoms. The molecule has 0 aromatic heterocycles. The van der Waals surface area contributed by atoms with Crippen LogP contribution in [-0.2, 0) is 17.8 Å². The molecule has 2 heterocycles. The lowest BCUT2D eigenvalue weighted by atomic mass is 9.97. The molecule has 1 fully saturated rings. The van der Waals surface area contributed by atoms with Gasteiger partial charge < -0.3 is 21.1 Å². The number of fused-ring (bicyclic) bond motifs is 1. The Bertz CT molecular complexity index is 892. The number of nitrogens with two attached hydrogens (primary N) is 1. The van der Waals surface area contributed by atoms with E-state index in [0.717, 1.165) is 42.8 Å². The summed E-state index contributed by atoms with van der Waals surface area (Å²) in [6, 6.07) is 15.4. The van der Waals surface area contributed by atoms with E-state index >= 15 is 0 Å². The van der Waals surface area contributed by atoms with Crippen LogP contribution in [0.2, 0.25) is 0 Å². The number of benzene rings is 2. The van der Waals surface area contributed by atoms with Gasteiger partial charge in [0.1, 0.15) is 11.9 Å². The zero-order chi connectivity index (χ0) is 20.9. The van der Waals surface area contributed by atoms with E-state index in [0.29, 0.717) is 19.6 Å². The zero-order valence-corrected chi connectivity index (χ0v) is 17.0. The van der Waals surface area contributed by atoms with Crippen LogP contribution in [0.4, 0.5) is 10.5 Å². The van der Waals surface area contributed by atoms with Gasteiger partial charge in [-0.3, -0.25) is 9.69 Å². The van der Waals surface area contributed by atoms with E-state index in [-0.39, 0.29) is 24.0 Å². The topological polar surface area (TPSA) is 96.7 Å². The van der Waals surface area contributed by atoms with Crippen molar-refractivity contribution in [3.05, 3.63) is 59.7 Å². The van der Waals surface area contributed by atoms with Crippen molar-refractivity contribution >= 4 is 17.6 Å². The first-order chi connectivity index (χ1) is 14.6. The van der Waals surface area contributed by atoms with Gasteiger partial charge in [0, 0.05) is 25.2 Å². The molecule has 2 atom stereocenters. The van der Waals surface area contributed by atoms with Crippen molar-refractivity contribution in [2.24, 2.45) is 11.7 Å². The Hall–Kier alpha value is -3.06. The fourth-order valence-electron chi connectivity index (χ4n) is 4.19. The number of nitrogens with one attached hydrogen (secondary N) is 2. The Morgan fingerprint density at radius 1 is 1.13 bits per heavy atom. The van der Waals surface area contributed by atoms with Gasteiger partial charge in [-0.05, 0) is 42.6 Å². The molecule has 2 aromatic rings. The van der Waals surface area contributed by atoms with Crippen molar-refractivity contribution in [3.8, 4) is 5.75 Å². The monoisotopic (exact) mass is 408 g/mol. The predicted molar refractivity (Wildman–Crippen MR) is 115 cm³/mol. The molecule has 4 rings (SSSR count). The van der Waals surface area contributed by atoms with E-state index in [1.807, 2.05) is 42.5 Å². The number of hydrogen-bond acceptors (Lipinski definition) is 4. The maximum Gasteiger partial charge on any atom is 0.319 e. The Labute approximate surface area is 176 Å². The van der Waals surface area contributed by atoms with Crippen molar-refractivity contribution in [3.63, 3.8) is 0 Å². The van der Waals surface area contributed by atoms with E-state index in [1.54, 1.807) is 0 Å². The van der Waals surface area contributed by atoms with E-state index in [1.165, 1.54) is 5.56 Å². The molecule has 0 saturated carbocycles. The van der Waals surface area contributed by atoms with E-state index in [2.05, 4.69) is 21.6 Å². The Morgan fingerprint density at radius 2 is 1.93 bits per heavy atom. The van der Waals surface area contributed by atoms with Gasteiger partial charge in [0.2, 0.25) is 5.91 Å². The lowest BCUT2D eigenvalue weighted by molar-refractivity contribution is -0.123. The lowest BCUT2D eigenvalue weighted by Crippen LogP contribution is -2.41. The number of carbonyl (C=O) groups excluding carboxylic acids is 2. The maximum atomic E-state index is 12.5. The molecule has 2 aliphatic rings. The molecule has 0 aliphatic carbocycles. The summed E-state index contributed by atoms with van der Waals surface area (Å²) in [5.74, 6) is 0.560. The number of urea groups is 1. The van der Waals surface area contributed by atoms with E-state index < -0.39 is 0 Å². The first-order valence-electron chi connectivity index (χ1n) is 10.5. The number of ether oxygens (including phenoxy) is 1. The molecule has 30 heavy (non-hydrogen) atoms. The number of rotatable bonds is 6. The molecule has 2 unspecified atom stereocenters. The minimum Gasteiger partial charge on any atom is -0.488 e. The number of carbonyl (C=O) groups is 2. The first kappa shape index (κ1) is 20.2. The molecule has 1 saturated heterocycles. The number of hydrogen-bond donors (Lipinski definition) is 3. The van der Waals surface area contributed by atoms with Crippen molar-refractivity contribution in [2.75, 3.05) is 25.0 Å². The van der Waals surface area contributed by atoms with Crippen molar-refractivity contribution in [2.45, 2.75) is 31.9 Å². The SMILES string of the molecule is NC(=O)C1CCCN(Cc2ccccc2NC(=O)NCC2Cc3ccccc3O2)C1. The van der Waals surface area contributed by atoms with Crippen LogP contribution in [0.5, 0.6) is 5.75 Å². The summed E-state index contributed by atoms with van der Waals surface area (Å²) < 4.78 is 5.87. The van der Waals surface area contributed by atoms with Gasteiger partial charge in [-0.25, -0.2) is 4.79 Å². The second kappa shape index (κ2) is 9.17. The van der Waals surface area contributed by atoms with Gasteiger partial charge in [-0.2, -0.15) is 0 Å². The average molecular weight is 409 g/mol. The standard InChI is InChI=1S/C23H28N4O3/c24-22(28)18-8-5-11-27(15-18)14-17-7-1-3-9-20(17)26-23(29)25-13-19-12-16-6-2-4-10-21(16)30-19/h1-4,6-7,9-10,18-19H,5,8,11-15H2,(H2,24,28)(H2,25,26,29). The number of likely N-dealkylation sites (tertiary alicyclic amines) is 1. The van der Waals surface area contributed by atoms with E-state index in [4.69, 9.17) is 10.5 Å². The summed E-state index contributed by atoms with van der Waals surface area (Å²) in [6.45, 7) is 2.69. The minimum absolute atomic E-state index is 0.0533. The predicted octanol–water partition coefficient (Wildman–Crippen LogP) is 2.51. The summed E-state index contributed by atoms with van der Waals surface area (Å²) >= 11 is 0. The van der Waals surface area contributed by atoms with Crippen molar-refractivity contribution in [1.29, 1.82) is 0 Å². The third-order valence-corrected chi connectivity index (χ3v) is 5.77. The quantitative estimate of drug-likeness (QED) is 0.684. The molecular formula is C23H28N4O3.